The first-order valence-corrected chi connectivity index (χ1v) is 7.15. The number of benzene rings is 2. The molecule has 0 fully saturated rings. The van der Waals surface area contributed by atoms with Crippen LogP contribution in [0.2, 0.25) is 0 Å². The molecule has 0 amide bonds. The van der Waals surface area contributed by atoms with Gasteiger partial charge in [0.1, 0.15) is 18.1 Å². The number of ketones is 1. The molecule has 2 nitrogen and oxygen atoms in total. The van der Waals surface area contributed by atoms with Gasteiger partial charge < -0.3 is 4.74 Å². The molecule has 0 N–H and O–H groups in total. The van der Waals surface area contributed by atoms with Gasteiger partial charge in [0.2, 0.25) is 0 Å². The van der Waals surface area contributed by atoms with Crippen LogP contribution in [0.1, 0.15) is 34.9 Å². The van der Waals surface area contributed by atoms with Gasteiger partial charge in [0, 0.05) is 12.0 Å². The van der Waals surface area contributed by atoms with Crippen molar-refractivity contribution in [2.45, 2.75) is 24.7 Å². The van der Waals surface area contributed by atoms with Crippen LogP contribution in [0.15, 0.2) is 48.5 Å². The summed E-state index contributed by atoms with van der Waals surface area (Å²) in [5.41, 5.74) is 3.81. The maximum absolute atomic E-state index is 12.5. The molecule has 0 radical (unpaired) electrons. The van der Waals surface area contributed by atoms with Crippen molar-refractivity contribution in [3.8, 4) is 5.75 Å². The summed E-state index contributed by atoms with van der Waals surface area (Å²) in [7, 11) is 0. The van der Waals surface area contributed by atoms with E-state index >= 15 is 0 Å². The smallest absolute Gasteiger partial charge is 0.144 e. The predicted octanol–water partition coefficient (Wildman–Crippen LogP) is 3.46. The molecule has 1 heterocycles. The third-order valence-corrected chi connectivity index (χ3v) is 4.50. The van der Waals surface area contributed by atoms with Crippen LogP contribution in [0.5, 0.6) is 5.75 Å². The van der Waals surface area contributed by atoms with Crippen LogP contribution in [0.25, 0.3) is 0 Å². The summed E-state index contributed by atoms with van der Waals surface area (Å²) in [4.78, 5) is 12.5. The van der Waals surface area contributed by atoms with Crippen molar-refractivity contribution >= 4 is 5.78 Å². The second-order valence-corrected chi connectivity index (χ2v) is 5.67. The highest BCUT2D eigenvalue weighted by atomic mass is 16.5. The summed E-state index contributed by atoms with van der Waals surface area (Å²) in [6.07, 6.45) is 1.68. The molecule has 0 saturated heterocycles. The predicted molar refractivity (Wildman–Crippen MR) is 77.2 cm³/mol. The molecule has 100 valence electrons. The lowest BCUT2D eigenvalue weighted by Crippen LogP contribution is -2.23. The largest absolute Gasteiger partial charge is 0.492 e. The Balaban J connectivity index is 1.51. The lowest BCUT2D eigenvalue weighted by atomic mass is 9.73. The van der Waals surface area contributed by atoms with Crippen molar-refractivity contribution < 1.29 is 9.53 Å². The molecule has 1 aliphatic heterocycles. The van der Waals surface area contributed by atoms with Crippen LogP contribution in [-0.2, 0) is 11.2 Å². The van der Waals surface area contributed by atoms with Crippen LogP contribution in [0.4, 0.5) is 0 Å². The van der Waals surface area contributed by atoms with Crippen LogP contribution in [0, 0.1) is 0 Å². The van der Waals surface area contributed by atoms with E-state index in [4.69, 9.17) is 4.74 Å². The molecule has 0 aromatic heterocycles. The zero-order chi connectivity index (χ0) is 13.5. The normalized spacial score (nSPS) is 22.4. The van der Waals surface area contributed by atoms with E-state index in [2.05, 4.69) is 24.3 Å². The van der Waals surface area contributed by atoms with Gasteiger partial charge >= 0.3 is 0 Å². The fourth-order valence-corrected chi connectivity index (χ4v) is 3.36. The fraction of sp³-hybridized carbons (Fsp3) is 0.278. The molecule has 2 unspecified atom stereocenters. The molecule has 4 rings (SSSR count). The summed E-state index contributed by atoms with van der Waals surface area (Å²) < 4.78 is 5.61. The first-order valence-electron chi connectivity index (χ1n) is 7.15. The van der Waals surface area contributed by atoms with Crippen molar-refractivity contribution in [1.29, 1.82) is 0 Å². The number of hydrogen-bond acceptors (Lipinski definition) is 2. The first kappa shape index (κ1) is 11.7. The average Bonchev–Trinajstić information content (AvgIpc) is 2.88. The number of carbonyl (C=O) groups is 1. The summed E-state index contributed by atoms with van der Waals surface area (Å²) in [6, 6.07) is 16.3. The van der Waals surface area contributed by atoms with Crippen LogP contribution in [0.3, 0.4) is 0 Å². The van der Waals surface area contributed by atoms with E-state index in [1.54, 1.807) is 0 Å². The van der Waals surface area contributed by atoms with E-state index in [-0.39, 0.29) is 5.92 Å². The molecule has 20 heavy (non-hydrogen) atoms. The summed E-state index contributed by atoms with van der Waals surface area (Å²) in [5, 5.41) is 0. The van der Waals surface area contributed by atoms with Crippen molar-refractivity contribution in [3.63, 3.8) is 0 Å². The van der Waals surface area contributed by atoms with Gasteiger partial charge in [0.15, 0.2) is 0 Å². The summed E-state index contributed by atoms with van der Waals surface area (Å²) in [5.74, 6) is 1.53. The highest BCUT2D eigenvalue weighted by molar-refractivity contribution is 5.88. The Morgan fingerprint density at radius 2 is 1.80 bits per heavy atom. The molecule has 2 aliphatic rings. The number of fused-ring (bicyclic) bond motifs is 2. The molecule has 0 bridgehead atoms. The van der Waals surface area contributed by atoms with E-state index in [0.717, 1.165) is 17.7 Å². The van der Waals surface area contributed by atoms with E-state index in [1.807, 2.05) is 24.3 Å². The Hall–Kier alpha value is -2.09. The summed E-state index contributed by atoms with van der Waals surface area (Å²) in [6.45, 7) is 0.506. The fourth-order valence-electron chi connectivity index (χ4n) is 3.36. The Morgan fingerprint density at radius 1 is 1.05 bits per heavy atom. The zero-order valence-corrected chi connectivity index (χ0v) is 11.2. The minimum atomic E-state index is -0.0704. The quantitative estimate of drug-likeness (QED) is 0.848. The number of carbonyl (C=O) groups excluding carboxylic acids is 1. The van der Waals surface area contributed by atoms with Gasteiger partial charge in [-0.05, 0) is 29.5 Å². The van der Waals surface area contributed by atoms with Crippen molar-refractivity contribution in [2.24, 2.45) is 0 Å². The Kier molecular flexibility index (Phi) is 2.62. The van der Waals surface area contributed by atoms with Gasteiger partial charge in [-0.3, -0.25) is 4.79 Å². The van der Waals surface area contributed by atoms with E-state index in [9.17, 15) is 4.79 Å². The molecular weight excluding hydrogens is 248 g/mol. The third kappa shape index (κ3) is 1.75. The molecule has 2 heteroatoms. The van der Waals surface area contributed by atoms with Gasteiger partial charge in [-0.25, -0.2) is 0 Å². The molecule has 0 spiro atoms. The van der Waals surface area contributed by atoms with E-state index < -0.39 is 0 Å². The molecule has 0 saturated carbocycles. The lowest BCUT2D eigenvalue weighted by Gasteiger charge is -2.30. The average molecular weight is 264 g/mol. The highest BCUT2D eigenvalue weighted by Gasteiger charge is 2.34. The lowest BCUT2D eigenvalue weighted by molar-refractivity contribution is -0.121. The van der Waals surface area contributed by atoms with Gasteiger partial charge in [0.25, 0.3) is 0 Å². The topological polar surface area (TPSA) is 26.3 Å². The number of ether oxygens (including phenoxy) is 1. The molecule has 2 aromatic rings. The molecule has 1 aliphatic carbocycles. The second kappa shape index (κ2) is 4.48. The van der Waals surface area contributed by atoms with Gasteiger partial charge in [0.05, 0.1) is 5.92 Å². The van der Waals surface area contributed by atoms with Crippen LogP contribution in [-0.4, -0.2) is 12.4 Å². The molecule has 2 aromatic carbocycles. The number of hydrogen-bond donors (Lipinski definition) is 0. The minimum Gasteiger partial charge on any atom is -0.492 e. The van der Waals surface area contributed by atoms with Crippen molar-refractivity contribution in [2.75, 3.05) is 6.61 Å². The molecule has 2 atom stereocenters. The van der Waals surface area contributed by atoms with Crippen molar-refractivity contribution in [3.05, 3.63) is 65.2 Å². The van der Waals surface area contributed by atoms with Gasteiger partial charge in [-0.2, -0.15) is 0 Å². The number of rotatable bonds is 3. The minimum absolute atomic E-state index is 0.0704. The maximum atomic E-state index is 12.5. The Labute approximate surface area is 118 Å². The van der Waals surface area contributed by atoms with Crippen molar-refractivity contribution in [1.82, 2.24) is 0 Å². The zero-order valence-electron chi connectivity index (χ0n) is 11.2. The van der Waals surface area contributed by atoms with Crippen LogP contribution >= 0.6 is 0 Å². The Bertz CT molecular complexity index is 675. The molecular formula is C18H16O2. The Morgan fingerprint density at radius 3 is 2.65 bits per heavy atom. The summed E-state index contributed by atoms with van der Waals surface area (Å²) >= 11 is 0. The van der Waals surface area contributed by atoms with Crippen LogP contribution < -0.4 is 4.74 Å². The first-order chi connectivity index (χ1) is 9.83. The van der Waals surface area contributed by atoms with Gasteiger partial charge in [-0.15, -0.1) is 0 Å². The number of Topliss-reactive ketones (excluding diaryl/α,β-unsaturated/α-hetero) is 1. The monoisotopic (exact) mass is 264 g/mol. The highest BCUT2D eigenvalue weighted by Crippen LogP contribution is 2.41. The SMILES string of the molecule is O=C(CC1Cc2ccccc21)C1COc2ccccc21. The maximum Gasteiger partial charge on any atom is 0.144 e. The standard InChI is InChI=1S/C18H16O2/c19-17(10-13-9-12-5-1-2-6-14(12)13)16-11-20-18-8-4-3-7-15(16)18/h1-8,13,16H,9-11H2. The van der Waals surface area contributed by atoms with Gasteiger partial charge in [-0.1, -0.05) is 42.5 Å². The second-order valence-electron chi connectivity index (χ2n) is 5.67. The van der Waals surface area contributed by atoms with E-state index in [1.165, 1.54) is 11.1 Å². The third-order valence-electron chi connectivity index (χ3n) is 4.50. The number of para-hydroxylation sites is 1. The van der Waals surface area contributed by atoms with E-state index in [0.29, 0.717) is 24.7 Å².